The van der Waals surface area contributed by atoms with Crippen molar-refractivity contribution in [2.45, 2.75) is 13.1 Å². The molecule has 0 aliphatic heterocycles. The number of likely N-dealkylation sites (N-methyl/N-ethyl adjacent to an activating group) is 1. The van der Waals surface area contributed by atoms with E-state index in [2.05, 4.69) is 10.6 Å². The molecule has 0 aromatic heterocycles. The number of alkyl halides is 3. The van der Waals surface area contributed by atoms with Gasteiger partial charge in [0.2, 0.25) is 5.91 Å². The Morgan fingerprint density at radius 3 is 2.41 bits per heavy atom. The van der Waals surface area contributed by atoms with Crippen molar-refractivity contribution in [2.24, 2.45) is 0 Å². The van der Waals surface area contributed by atoms with Gasteiger partial charge in [-0.1, -0.05) is 6.07 Å². The number of benzene rings is 1. The zero-order valence-corrected chi connectivity index (χ0v) is 12.8. The standard InChI is InChI=1S/C13H16F3N3O2.ClH/c1-8-3-4-9(12(21)18-7-13(14,15)16)5-10(8)19-11(20)6-17-2;/h3-5,17H,6-7H2,1-2H3,(H,18,21)(H,19,20);1H. The highest BCUT2D eigenvalue weighted by Crippen LogP contribution is 2.17. The van der Waals surface area contributed by atoms with E-state index in [1.54, 1.807) is 25.4 Å². The van der Waals surface area contributed by atoms with E-state index in [0.29, 0.717) is 11.3 Å². The normalized spacial score (nSPS) is 10.6. The first kappa shape index (κ1) is 20.2. The maximum Gasteiger partial charge on any atom is 0.405 e. The molecule has 124 valence electrons. The maximum absolute atomic E-state index is 12.1. The van der Waals surface area contributed by atoms with Crippen molar-refractivity contribution in [2.75, 3.05) is 25.5 Å². The molecule has 0 saturated heterocycles. The van der Waals surface area contributed by atoms with Crippen molar-refractivity contribution in [3.8, 4) is 0 Å². The molecule has 0 bridgehead atoms. The van der Waals surface area contributed by atoms with E-state index in [4.69, 9.17) is 0 Å². The SMILES string of the molecule is CNCC(=O)Nc1cc(C(=O)NCC(F)(F)F)ccc1C.Cl. The van der Waals surface area contributed by atoms with E-state index < -0.39 is 18.6 Å². The number of aryl methyl sites for hydroxylation is 1. The molecule has 0 aliphatic carbocycles. The Hall–Kier alpha value is -1.80. The highest BCUT2D eigenvalue weighted by Gasteiger charge is 2.27. The molecule has 1 aromatic rings. The van der Waals surface area contributed by atoms with Gasteiger partial charge < -0.3 is 16.0 Å². The Bertz CT molecular complexity index is 536. The molecule has 5 nitrogen and oxygen atoms in total. The number of amides is 2. The average Bonchev–Trinajstić information content (AvgIpc) is 2.38. The summed E-state index contributed by atoms with van der Waals surface area (Å²) in [5.74, 6) is -1.16. The van der Waals surface area contributed by atoms with Gasteiger partial charge in [-0.2, -0.15) is 13.2 Å². The van der Waals surface area contributed by atoms with Crippen LogP contribution < -0.4 is 16.0 Å². The summed E-state index contributed by atoms with van der Waals surface area (Å²) < 4.78 is 36.2. The predicted molar refractivity (Wildman–Crippen MR) is 79.4 cm³/mol. The molecular formula is C13H17ClF3N3O2. The van der Waals surface area contributed by atoms with Gasteiger partial charge in [-0.05, 0) is 31.7 Å². The van der Waals surface area contributed by atoms with E-state index in [9.17, 15) is 22.8 Å². The number of carbonyl (C=O) groups is 2. The Kier molecular flexibility index (Phi) is 7.89. The van der Waals surface area contributed by atoms with Crippen LogP contribution in [0.2, 0.25) is 0 Å². The van der Waals surface area contributed by atoms with Crippen LogP contribution in [-0.2, 0) is 4.79 Å². The molecule has 0 radical (unpaired) electrons. The second kappa shape index (κ2) is 8.60. The summed E-state index contributed by atoms with van der Waals surface area (Å²) in [6.45, 7) is 0.400. The van der Waals surface area contributed by atoms with Crippen molar-refractivity contribution in [3.05, 3.63) is 29.3 Å². The number of halogens is 4. The quantitative estimate of drug-likeness (QED) is 0.767. The van der Waals surface area contributed by atoms with E-state index >= 15 is 0 Å². The molecule has 0 saturated carbocycles. The molecule has 0 spiro atoms. The molecule has 1 rings (SSSR count). The molecular weight excluding hydrogens is 323 g/mol. The second-order valence-electron chi connectivity index (χ2n) is 4.41. The third-order valence-electron chi connectivity index (χ3n) is 2.56. The number of hydrogen-bond donors (Lipinski definition) is 3. The molecule has 0 fully saturated rings. The van der Waals surface area contributed by atoms with Gasteiger partial charge in [0.25, 0.3) is 5.91 Å². The van der Waals surface area contributed by atoms with E-state index in [-0.39, 0.29) is 30.4 Å². The second-order valence-corrected chi connectivity index (χ2v) is 4.41. The number of nitrogens with one attached hydrogen (secondary N) is 3. The van der Waals surface area contributed by atoms with Gasteiger partial charge in [0.15, 0.2) is 0 Å². The van der Waals surface area contributed by atoms with Crippen molar-refractivity contribution in [3.63, 3.8) is 0 Å². The van der Waals surface area contributed by atoms with Crippen LogP contribution in [0.1, 0.15) is 15.9 Å². The van der Waals surface area contributed by atoms with Gasteiger partial charge in [-0.3, -0.25) is 9.59 Å². The van der Waals surface area contributed by atoms with Crippen LogP contribution in [0.4, 0.5) is 18.9 Å². The van der Waals surface area contributed by atoms with Gasteiger partial charge in [0.05, 0.1) is 6.54 Å². The molecule has 0 aliphatic rings. The van der Waals surface area contributed by atoms with Crippen LogP contribution in [0.3, 0.4) is 0 Å². The first-order valence-electron chi connectivity index (χ1n) is 6.13. The smallest absolute Gasteiger partial charge is 0.343 e. The third-order valence-corrected chi connectivity index (χ3v) is 2.56. The summed E-state index contributed by atoms with van der Waals surface area (Å²) in [6, 6.07) is 4.29. The Morgan fingerprint density at radius 2 is 1.86 bits per heavy atom. The van der Waals surface area contributed by atoms with E-state index in [0.717, 1.165) is 0 Å². The zero-order chi connectivity index (χ0) is 16.0. The van der Waals surface area contributed by atoms with Crippen molar-refractivity contribution < 1.29 is 22.8 Å². The minimum atomic E-state index is -4.47. The largest absolute Gasteiger partial charge is 0.405 e. The van der Waals surface area contributed by atoms with Crippen LogP contribution in [0, 0.1) is 6.92 Å². The summed E-state index contributed by atoms with van der Waals surface area (Å²) in [5, 5.41) is 7.02. The molecule has 22 heavy (non-hydrogen) atoms. The monoisotopic (exact) mass is 339 g/mol. The summed E-state index contributed by atoms with van der Waals surface area (Å²) in [4.78, 5) is 23.1. The highest BCUT2D eigenvalue weighted by molar-refractivity contribution is 5.98. The maximum atomic E-state index is 12.1. The van der Waals surface area contributed by atoms with Gasteiger partial charge in [0.1, 0.15) is 6.54 Å². The number of hydrogen-bond acceptors (Lipinski definition) is 3. The van der Waals surface area contributed by atoms with Crippen LogP contribution >= 0.6 is 12.4 Å². The molecule has 0 unspecified atom stereocenters. The van der Waals surface area contributed by atoms with E-state index in [1.807, 2.05) is 0 Å². The van der Waals surface area contributed by atoms with E-state index in [1.165, 1.54) is 12.1 Å². The summed E-state index contributed by atoms with van der Waals surface area (Å²) in [7, 11) is 1.60. The first-order valence-corrected chi connectivity index (χ1v) is 6.13. The van der Waals surface area contributed by atoms with Crippen molar-refractivity contribution in [1.29, 1.82) is 0 Å². The predicted octanol–water partition coefficient (Wildman–Crippen LogP) is 1.87. The van der Waals surface area contributed by atoms with Crippen molar-refractivity contribution >= 4 is 29.9 Å². The van der Waals surface area contributed by atoms with Gasteiger partial charge in [-0.25, -0.2) is 0 Å². The Balaban J connectivity index is 0.00000441. The molecule has 1 aromatic carbocycles. The first-order chi connectivity index (χ1) is 9.73. The minimum Gasteiger partial charge on any atom is -0.343 e. The summed E-state index contributed by atoms with van der Waals surface area (Å²) in [6.07, 6.45) is -4.47. The highest BCUT2D eigenvalue weighted by atomic mass is 35.5. The lowest BCUT2D eigenvalue weighted by molar-refractivity contribution is -0.123. The van der Waals surface area contributed by atoms with Crippen LogP contribution in [0.25, 0.3) is 0 Å². The number of anilines is 1. The average molecular weight is 340 g/mol. The Morgan fingerprint density at radius 1 is 1.23 bits per heavy atom. The lowest BCUT2D eigenvalue weighted by Gasteiger charge is -2.12. The fourth-order valence-corrected chi connectivity index (χ4v) is 1.54. The third kappa shape index (κ3) is 6.77. The fraction of sp³-hybridized carbons (Fsp3) is 0.385. The zero-order valence-electron chi connectivity index (χ0n) is 12.0. The summed E-state index contributed by atoms with van der Waals surface area (Å²) in [5.41, 5.74) is 1.13. The Labute approximate surface area is 132 Å². The molecule has 2 amide bonds. The van der Waals surface area contributed by atoms with Gasteiger partial charge >= 0.3 is 6.18 Å². The van der Waals surface area contributed by atoms with Gasteiger partial charge in [-0.15, -0.1) is 12.4 Å². The molecule has 0 heterocycles. The number of rotatable bonds is 5. The van der Waals surface area contributed by atoms with Crippen molar-refractivity contribution in [1.82, 2.24) is 10.6 Å². The van der Waals surface area contributed by atoms with Crippen LogP contribution in [-0.4, -0.2) is 38.1 Å². The number of carbonyl (C=O) groups excluding carboxylic acids is 2. The van der Waals surface area contributed by atoms with Gasteiger partial charge in [0, 0.05) is 11.3 Å². The summed E-state index contributed by atoms with van der Waals surface area (Å²) >= 11 is 0. The fourth-order valence-electron chi connectivity index (χ4n) is 1.54. The lowest BCUT2D eigenvalue weighted by atomic mass is 10.1. The molecule has 0 atom stereocenters. The molecule has 3 N–H and O–H groups in total. The lowest BCUT2D eigenvalue weighted by Crippen LogP contribution is -2.33. The minimum absolute atomic E-state index is 0. The van der Waals surface area contributed by atoms with Crippen LogP contribution in [0.15, 0.2) is 18.2 Å². The van der Waals surface area contributed by atoms with Crippen LogP contribution in [0.5, 0.6) is 0 Å². The molecule has 9 heteroatoms. The topological polar surface area (TPSA) is 70.2 Å².